The van der Waals surface area contributed by atoms with Crippen LogP contribution < -0.4 is 11.3 Å². The Balaban J connectivity index is 2.83. The fourth-order valence-electron chi connectivity index (χ4n) is 1.66. The van der Waals surface area contributed by atoms with Crippen molar-refractivity contribution < 1.29 is 13.2 Å². The third-order valence-corrected chi connectivity index (χ3v) is 2.57. The monoisotopic (exact) mass is 241 g/mol. The fourth-order valence-corrected chi connectivity index (χ4v) is 1.66. The van der Waals surface area contributed by atoms with Crippen molar-refractivity contribution in [3.05, 3.63) is 35.3 Å². The number of hydrazine groups is 1. The maximum Gasteiger partial charge on any atom is 0.280 e. The summed E-state index contributed by atoms with van der Waals surface area (Å²) in [6.07, 6.45) is -2.73. The first-order valence-corrected chi connectivity index (χ1v) is 4.89. The molecule has 0 spiro atoms. The van der Waals surface area contributed by atoms with Crippen LogP contribution in [0, 0.1) is 12.7 Å². The minimum atomic E-state index is -2.73. The van der Waals surface area contributed by atoms with Crippen molar-refractivity contribution in [3.8, 4) is 0 Å². The molecule has 0 bridgehead atoms. The Morgan fingerprint density at radius 3 is 2.65 bits per heavy atom. The lowest BCUT2D eigenvalue weighted by Gasteiger charge is -2.10. The Kier molecular flexibility index (Phi) is 2.89. The number of pyridine rings is 1. The number of nitrogens with zero attached hydrogens (tertiary/aromatic N) is 1. The summed E-state index contributed by atoms with van der Waals surface area (Å²) >= 11 is 0. The lowest BCUT2D eigenvalue weighted by molar-refractivity contribution is 0.146. The van der Waals surface area contributed by atoms with Gasteiger partial charge in [-0.1, -0.05) is 0 Å². The molecule has 0 aliphatic heterocycles. The van der Waals surface area contributed by atoms with E-state index in [0.29, 0.717) is 11.1 Å². The summed E-state index contributed by atoms with van der Waals surface area (Å²) < 4.78 is 38.6. The Morgan fingerprint density at radius 2 is 2.06 bits per heavy atom. The molecule has 6 heteroatoms. The van der Waals surface area contributed by atoms with Crippen LogP contribution >= 0.6 is 0 Å². The van der Waals surface area contributed by atoms with E-state index in [9.17, 15) is 13.2 Å². The van der Waals surface area contributed by atoms with Gasteiger partial charge in [0.25, 0.3) is 6.43 Å². The van der Waals surface area contributed by atoms with Crippen molar-refractivity contribution in [3.63, 3.8) is 0 Å². The zero-order valence-electron chi connectivity index (χ0n) is 8.97. The SMILES string of the molecule is Cc1c(F)ccc2c(NN)cc(C(F)F)nc12. The molecule has 3 N–H and O–H groups in total. The number of rotatable bonds is 2. The predicted molar refractivity (Wildman–Crippen MR) is 59.2 cm³/mol. The molecule has 3 nitrogen and oxygen atoms in total. The summed E-state index contributed by atoms with van der Waals surface area (Å²) in [5.41, 5.74) is 2.60. The summed E-state index contributed by atoms with van der Waals surface area (Å²) in [7, 11) is 0. The van der Waals surface area contributed by atoms with E-state index in [-0.39, 0.29) is 11.1 Å². The smallest absolute Gasteiger partial charge is 0.280 e. The van der Waals surface area contributed by atoms with Crippen LogP contribution in [0.15, 0.2) is 18.2 Å². The molecule has 17 heavy (non-hydrogen) atoms. The largest absolute Gasteiger partial charge is 0.323 e. The Bertz CT molecular complexity index is 569. The maximum atomic E-state index is 13.3. The van der Waals surface area contributed by atoms with E-state index in [0.717, 1.165) is 6.07 Å². The molecule has 0 saturated heterocycles. The average molecular weight is 241 g/mol. The van der Waals surface area contributed by atoms with Gasteiger partial charge in [-0.25, -0.2) is 18.2 Å². The second kappa shape index (κ2) is 4.21. The van der Waals surface area contributed by atoms with Crippen LogP contribution in [0.4, 0.5) is 18.9 Å². The normalized spacial score (nSPS) is 11.2. The van der Waals surface area contributed by atoms with Gasteiger partial charge < -0.3 is 5.43 Å². The number of nitrogens with one attached hydrogen (secondary N) is 1. The van der Waals surface area contributed by atoms with Crippen LogP contribution in [0.2, 0.25) is 0 Å². The van der Waals surface area contributed by atoms with Crippen molar-refractivity contribution in [2.24, 2.45) is 5.84 Å². The number of hydrogen-bond acceptors (Lipinski definition) is 3. The standard InChI is InChI=1S/C11H10F3N3/c1-5-7(12)3-2-6-8(17-15)4-9(11(13)14)16-10(5)6/h2-4,11H,15H2,1H3,(H,16,17). The molecule has 0 saturated carbocycles. The van der Waals surface area contributed by atoms with Gasteiger partial charge in [0, 0.05) is 10.9 Å². The molecule has 0 fully saturated rings. The van der Waals surface area contributed by atoms with Crippen molar-refractivity contribution in [1.29, 1.82) is 0 Å². The summed E-state index contributed by atoms with van der Waals surface area (Å²) in [5, 5.41) is 0.510. The van der Waals surface area contributed by atoms with Gasteiger partial charge >= 0.3 is 0 Å². The first-order valence-electron chi connectivity index (χ1n) is 4.89. The van der Waals surface area contributed by atoms with Crippen LogP contribution in [0.1, 0.15) is 17.7 Å². The Labute approximate surface area is 95.4 Å². The number of aryl methyl sites for hydroxylation is 1. The summed E-state index contributed by atoms with van der Waals surface area (Å²) in [4.78, 5) is 3.76. The van der Waals surface area contributed by atoms with Gasteiger partial charge in [-0.15, -0.1) is 0 Å². The van der Waals surface area contributed by atoms with Gasteiger partial charge in [0.2, 0.25) is 0 Å². The van der Waals surface area contributed by atoms with Crippen molar-refractivity contribution >= 4 is 16.6 Å². The van der Waals surface area contributed by atoms with Crippen molar-refractivity contribution in [1.82, 2.24) is 4.98 Å². The highest BCUT2D eigenvalue weighted by Gasteiger charge is 2.15. The summed E-state index contributed by atoms with van der Waals surface area (Å²) in [5.74, 6) is 4.77. The molecule has 0 amide bonds. The molecule has 2 aromatic rings. The molecule has 0 radical (unpaired) electrons. The van der Waals surface area contributed by atoms with Crippen molar-refractivity contribution in [2.45, 2.75) is 13.3 Å². The van der Waals surface area contributed by atoms with E-state index >= 15 is 0 Å². The zero-order chi connectivity index (χ0) is 12.6. The van der Waals surface area contributed by atoms with Crippen LogP contribution in [-0.4, -0.2) is 4.98 Å². The average Bonchev–Trinajstić information content (AvgIpc) is 2.32. The molecular weight excluding hydrogens is 231 g/mol. The number of nitrogens with two attached hydrogens (primary N) is 1. The zero-order valence-corrected chi connectivity index (χ0v) is 8.97. The molecular formula is C11H10F3N3. The van der Waals surface area contributed by atoms with Crippen molar-refractivity contribution in [2.75, 3.05) is 5.43 Å². The number of aromatic nitrogens is 1. The number of nitrogen functional groups attached to an aromatic ring is 1. The summed E-state index contributed by atoms with van der Waals surface area (Å²) in [6.45, 7) is 1.49. The van der Waals surface area contributed by atoms with Crippen LogP contribution in [0.3, 0.4) is 0 Å². The second-order valence-corrected chi connectivity index (χ2v) is 3.61. The molecule has 90 valence electrons. The third kappa shape index (κ3) is 1.91. The number of fused-ring (bicyclic) bond motifs is 1. The van der Waals surface area contributed by atoms with E-state index in [4.69, 9.17) is 5.84 Å². The van der Waals surface area contributed by atoms with E-state index < -0.39 is 17.9 Å². The fraction of sp³-hybridized carbons (Fsp3) is 0.182. The van der Waals surface area contributed by atoms with E-state index in [1.807, 2.05) is 0 Å². The molecule has 2 rings (SSSR count). The quantitative estimate of drug-likeness (QED) is 0.627. The van der Waals surface area contributed by atoms with E-state index in [1.165, 1.54) is 19.1 Å². The molecule has 0 unspecified atom stereocenters. The van der Waals surface area contributed by atoms with Crippen LogP contribution in [0.25, 0.3) is 10.9 Å². The molecule has 0 aliphatic carbocycles. The number of alkyl halides is 2. The highest BCUT2D eigenvalue weighted by Crippen LogP contribution is 2.29. The highest BCUT2D eigenvalue weighted by atomic mass is 19.3. The summed E-state index contributed by atoms with van der Waals surface area (Å²) in [6, 6.07) is 3.86. The van der Waals surface area contributed by atoms with Gasteiger partial charge in [0.1, 0.15) is 11.5 Å². The second-order valence-electron chi connectivity index (χ2n) is 3.61. The highest BCUT2D eigenvalue weighted by molar-refractivity contribution is 5.93. The first-order chi connectivity index (χ1) is 8.04. The lowest BCUT2D eigenvalue weighted by Crippen LogP contribution is -2.09. The van der Waals surface area contributed by atoms with Gasteiger partial charge in [-0.3, -0.25) is 5.84 Å². The number of hydrogen-bond donors (Lipinski definition) is 2. The van der Waals surface area contributed by atoms with Gasteiger partial charge in [0.05, 0.1) is 11.2 Å². The number of halogens is 3. The van der Waals surface area contributed by atoms with Gasteiger partial charge in [-0.2, -0.15) is 0 Å². The van der Waals surface area contributed by atoms with E-state index in [2.05, 4.69) is 10.4 Å². The molecule has 0 atom stereocenters. The minimum absolute atomic E-state index is 0.191. The topological polar surface area (TPSA) is 50.9 Å². The molecule has 0 aliphatic rings. The van der Waals surface area contributed by atoms with Crippen LogP contribution in [-0.2, 0) is 0 Å². The molecule has 1 heterocycles. The predicted octanol–water partition coefficient (Wildman–Crippen LogP) is 2.91. The third-order valence-electron chi connectivity index (χ3n) is 2.57. The Morgan fingerprint density at radius 1 is 1.35 bits per heavy atom. The van der Waals surface area contributed by atoms with Gasteiger partial charge in [0.15, 0.2) is 0 Å². The van der Waals surface area contributed by atoms with E-state index in [1.54, 1.807) is 0 Å². The molecule has 1 aromatic heterocycles. The number of anilines is 1. The van der Waals surface area contributed by atoms with Crippen LogP contribution in [0.5, 0.6) is 0 Å². The lowest BCUT2D eigenvalue weighted by atomic mass is 10.1. The maximum absolute atomic E-state index is 13.3. The van der Waals surface area contributed by atoms with Gasteiger partial charge in [-0.05, 0) is 25.1 Å². The minimum Gasteiger partial charge on any atom is -0.323 e. The first kappa shape index (κ1) is 11.7. The Hall–Kier alpha value is -1.82. The number of benzene rings is 1. The molecule has 1 aromatic carbocycles.